The highest BCUT2D eigenvalue weighted by molar-refractivity contribution is 5.91. The fourth-order valence-corrected chi connectivity index (χ4v) is 0.783. The Hall–Kier alpha value is -1.51. The lowest BCUT2D eigenvalue weighted by atomic mass is 10.2. The van der Waals surface area contributed by atoms with Gasteiger partial charge in [-0.15, -0.1) is 0 Å². The van der Waals surface area contributed by atoms with Gasteiger partial charge in [-0.25, -0.2) is 0 Å². The van der Waals surface area contributed by atoms with Crippen LogP contribution in [0, 0.1) is 0 Å². The topological polar surface area (TPSA) is 56.2 Å². The number of hydrogen-bond donors (Lipinski definition) is 1. The Morgan fingerprint density at radius 3 is 3.00 bits per heavy atom. The third kappa shape index (κ3) is 2.27. The Bertz CT molecular complexity index is 285. The van der Waals surface area contributed by atoms with Gasteiger partial charge in [0.25, 0.3) is 0 Å². The largest absolute Gasteiger partial charge is 0.469 e. The predicted octanol–water partition coefficient (Wildman–Crippen LogP) is 1.25. The highest BCUT2D eigenvalue weighted by Crippen LogP contribution is 2.03. The van der Waals surface area contributed by atoms with E-state index >= 15 is 0 Å². The second kappa shape index (κ2) is 3.76. The highest BCUT2D eigenvalue weighted by Gasteiger charge is 1.97. The van der Waals surface area contributed by atoms with Crippen LogP contribution in [-0.2, 0) is 11.2 Å². The third-order valence-corrected chi connectivity index (χ3v) is 1.58. The lowest BCUT2D eigenvalue weighted by molar-refractivity contribution is -0.114. The molecule has 0 aliphatic heterocycles. The zero-order valence-corrected chi connectivity index (χ0v) is 6.91. The summed E-state index contributed by atoms with van der Waals surface area (Å²) >= 11 is 0. The van der Waals surface area contributed by atoms with Gasteiger partial charge in [-0.2, -0.15) is 0 Å². The first kappa shape index (κ1) is 8.59. The second-order valence-corrected chi connectivity index (χ2v) is 2.53. The molecule has 0 spiro atoms. The van der Waals surface area contributed by atoms with E-state index in [-0.39, 0.29) is 5.91 Å². The molecule has 0 aliphatic rings. The molecule has 0 bridgehead atoms. The summed E-state index contributed by atoms with van der Waals surface area (Å²) in [6.07, 6.45) is 3.96. The molecule has 12 heavy (non-hydrogen) atoms. The average molecular weight is 165 g/mol. The van der Waals surface area contributed by atoms with E-state index in [9.17, 15) is 4.79 Å². The maximum Gasteiger partial charge on any atom is 0.244 e. The van der Waals surface area contributed by atoms with E-state index in [0.717, 1.165) is 5.76 Å². The first-order valence-corrected chi connectivity index (χ1v) is 3.69. The molecule has 1 aromatic heterocycles. The molecule has 1 rings (SSSR count). The molecule has 0 radical (unpaired) electrons. The van der Waals surface area contributed by atoms with Crippen molar-refractivity contribution < 1.29 is 9.21 Å². The quantitative estimate of drug-likeness (QED) is 0.685. The van der Waals surface area contributed by atoms with Crippen LogP contribution in [0.25, 0.3) is 0 Å². The number of rotatable bonds is 3. The number of primary amides is 1. The van der Waals surface area contributed by atoms with Crippen molar-refractivity contribution in [1.82, 2.24) is 0 Å². The molecule has 0 saturated heterocycles. The van der Waals surface area contributed by atoms with E-state index in [1.165, 1.54) is 0 Å². The van der Waals surface area contributed by atoms with E-state index in [2.05, 4.69) is 0 Å². The molecule has 0 fully saturated rings. The maximum atomic E-state index is 10.6. The van der Waals surface area contributed by atoms with E-state index in [4.69, 9.17) is 10.2 Å². The zero-order valence-electron chi connectivity index (χ0n) is 6.91. The molecule has 0 atom stereocenters. The molecule has 1 amide bonds. The molecule has 0 aliphatic carbocycles. The van der Waals surface area contributed by atoms with Crippen molar-refractivity contribution in [3.05, 3.63) is 35.8 Å². The zero-order chi connectivity index (χ0) is 8.97. The summed E-state index contributed by atoms with van der Waals surface area (Å²) in [5.74, 6) is 0.442. The molecule has 0 aromatic carbocycles. The minimum absolute atomic E-state index is 0.387. The molecule has 1 aromatic rings. The smallest absolute Gasteiger partial charge is 0.244 e. The van der Waals surface area contributed by atoms with Crippen molar-refractivity contribution in [3.8, 4) is 0 Å². The van der Waals surface area contributed by atoms with Crippen molar-refractivity contribution in [2.75, 3.05) is 0 Å². The van der Waals surface area contributed by atoms with Crippen molar-refractivity contribution in [2.45, 2.75) is 13.3 Å². The van der Waals surface area contributed by atoms with Crippen LogP contribution in [0.1, 0.15) is 12.7 Å². The number of carbonyl (C=O) groups excluding carboxylic acids is 1. The van der Waals surface area contributed by atoms with Gasteiger partial charge in [0, 0.05) is 12.0 Å². The van der Waals surface area contributed by atoms with Crippen LogP contribution in [0.4, 0.5) is 0 Å². The Morgan fingerprint density at radius 1 is 1.75 bits per heavy atom. The summed E-state index contributed by atoms with van der Waals surface area (Å²) in [6.45, 7) is 1.69. The fraction of sp³-hybridized carbons (Fsp3) is 0.222. The maximum absolute atomic E-state index is 10.6. The van der Waals surface area contributed by atoms with Gasteiger partial charge >= 0.3 is 0 Å². The Balaban J connectivity index is 2.55. The Kier molecular flexibility index (Phi) is 2.69. The minimum Gasteiger partial charge on any atom is -0.469 e. The molecule has 0 unspecified atom stereocenters. The van der Waals surface area contributed by atoms with E-state index in [0.29, 0.717) is 12.0 Å². The SMILES string of the molecule is C/C(=C\Cc1ccco1)C(N)=O. The van der Waals surface area contributed by atoms with Gasteiger partial charge in [0.05, 0.1) is 6.26 Å². The number of hydrogen-bond acceptors (Lipinski definition) is 2. The summed E-state index contributed by atoms with van der Waals surface area (Å²) in [5, 5.41) is 0. The molecule has 0 saturated carbocycles. The molecule has 2 N–H and O–H groups in total. The van der Waals surface area contributed by atoms with Crippen LogP contribution >= 0.6 is 0 Å². The van der Waals surface area contributed by atoms with E-state index in [1.54, 1.807) is 19.3 Å². The molecule has 1 heterocycles. The monoisotopic (exact) mass is 165 g/mol. The lowest BCUT2D eigenvalue weighted by Crippen LogP contribution is -2.11. The summed E-state index contributed by atoms with van der Waals surface area (Å²) in [5.41, 5.74) is 5.60. The van der Waals surface area contributed by atoms with Gasteiger partial charge in [-0.05, 0) is 19.1 Å². The first-order chi connectivity index (χ1) is 5.70. The Labute approximate surface area is 70.9 Å². The predicted molar refractivity (Wildman–Crippen MR) is 45.4 cm³/mol. The van der Waals surface area contributed by atoms with Crippen molar-refractivity contribution in [2.24, 2.45) is 5.73 Å². The van der Waals surface area contributed by atoms with Crippen LogP contribution in [0.15, 0.2) is 34.5 Å². The van der Waals surface area contributed by atoms with Gasteiger partial charge in [-0.1, -0.05) is 6.08 Å². The van der Waals surface area contributed by atoms with Gasteiger partial charge in [0.2, 0.25) is 5.91 Å². The highest BCUT2D eigenvalue weighted by atomic mass is 16.3. The molecule has 3 nitrogen and oxygen atoms in total. The third-order valence-electron chi connectivity index (χ3n) is 1.58. The van der Waals surface area contributed by atoms with Crippen LogP contribution < -0.4 is 5.73 Å². The van der Waals surface area contributed by atoms with Gasteiger partial charge < -0.3 is 10.2 Å². The Morgan fingerprint density at radius 2 is 2.50 bits per heavy atom. The first-order valence-electron chi connectivity index (χ1n) is 3.69. The lowest BCUT2D eigenvalue weighted by Gasteiger charge is -1.92. The van der Waals surface area contributed by atoms with E-state index < -0.39 is 0 Å². The van der Waals surface area contributed by atoms with Crippen LogP contribution in [0.2, 0.25) is 0 Å². The van der Waals surface area contributed by atoms with Crippen LogP contribution in [-0.4, -0.2) is 5.91 Å². The summed E-state index contributed by atoms with van der Waals surface area (Å²) in [7, 11) is 0. The van der Waals surface area contributed by atoms with Crippen LogP contribution in [0.3, 0.4) is 0 Å². The van der Waals surface area contributed by atoms with Crippen LogP contribution in [0.5, 0.6) is 0 Å². The standard InChI is InChI=1S/C9H11NO2/c1-7(9(10)11)4-5-8-3-2-6-12-8/h2-4,6H,5H2,1H3,(H2,10,11)/b7-4+. The van der Waals surface area contributed by atoms with Crippen molar-refractivity contribution in [3.63, 3.8) is 0 Å². The number of furan rings is 1. The fourth-order valence-electron chi connectivity index (χ4n) is 0.783. The number of amides is 1. The van der Waals surface area contributed by atoms with Gasteiger partial charge in [0.1, 0.15) is 5.76 Å². The van der Waals surface area contributed by atoms with Gasteiger partial charge in [0.15, 0.2) is 0 Å². The second-order valence-electron chi connectivity index (χ2n) is 2.53. The molecular formula is C9H11NO2. The summed E-state index contributed by atoms with van der Waals surface area (Å²) in [4.78, 5) is 10.6. The molecule has 64 valence electrons. The van der Waals surface area contributed by atoms with Crippen molar-refractivity contribution >= 4 is 5.91 Å². The minimum atomic E-state index is -0.387. The molecule has 3 heteroatoms. The molecular weight excluding hydrogens is 154 g/mol. The van der Waals surface area contributed by atoms with E-state index in [1.807, 2.05) is 12.1 Å². The summed E-state index contributed by atoms with van der Waals surface area (Å²) < 4.78 is 5.07. The number of carbonyl (C=O) groups is 1. The number of nitrogens with two attached hydrogens (primary N) is 1. The number of allylic oxidation sites excluding steroid dienone is 1. The van der Waals surface area contributed by atoms with Gasteiger partial charge in [-0.3, -0.25) is 4.79 Å². The summed E-state index contributed by atoms with van der Waals surface area (Å²) in [6, 6.07) is 3.66. The van der Waals surface area contributed by atoms with Crippen molar-refractivity contribution in [1.29, 1.82) is 0 Å². The normalized spacial score (nSPS) is 11.6. The average Bonchev–Trinajstić information content (AvgIpc) is 2.51.